The van der Waals surface area contributed by atoms with Crippen molar-refractivity contribution in [3.63, 3.8) is 0 Å². The minimum absolute atomic E-state index is 0.345. The zero-order chi connectivity index (χ0) is 11.8. The molecule has 1 saturated carbocycles. The largest absolute Gasteiger partial charge is 0.378 e. The number of unbranched alkanes of at least 4 members (excludes halogenated alkanes) is 1. The van der Waals surface area contributed by atoms with Gasteiger partial charge in [-0.25, -0.2) is 0 Å². The third kappa shape index (κ3) is 5.31. The van der Waals surface area contributed by atoms with Crippen molar-refractivity contribution < 1.29 is 4.74 Å². The molecular weight excluding hydrogens is 198 g/mol. The highest BCUT2D eigenvalue weighted by molar-refractivity contribution is 4.74. The van der Waals surface area contributed by atoms with Gasteiger partial charge < -0.3 is 10.5 Å². The summed E-state index contributed by atoms with van der Waals surface area (Å²) in [4.78, 5) is 0. The van der Waals surface area contributed by atoms with Crippen molar-refractivity contribution >= 4 is 0 Å². The van der Waals surface area contributed by atoms with E-state index in [0.717, 1.165) is 18.9 Å². The van der Waals surface area contributed by atoms with Crippen LogP contribution in [0.4, 0.5) is 0 Å². The Labute approximate surface area is 101 Å². The van der Waals surface area contributed by atoms with Crippen LogP contribution in [0.3, 0.4) is 0 Å². The lowest BCUT2D eigenvalue weighted by molar-refractivity contribution is -0.0135. The molecule has 1 aliphatic carbocycles. The van der Waals surface area contributed by atoms with Crippen molar-refractivity contribution in [1.82, 2.24) is 0 Å². The molecule has 0 amide bonds. The summed E-state index contributed by atoms with van der Waals surface area (Å²) >= 11 is 0. The van der Waals surface area contributed by atoms with Crippen LogP contribution < -0.4 is 5.73 Å². The Hall–Kier alpha value is -0.0800. The van der Waals surface area contributed by atoms with Gasteiger partial charge in [-0.2, -0.15) is 0 Å². The summed E-state index contributed by atoms with van der Waals surface area (Å²) in [5.41, 5.74) is 5.72. The van der Waals surface area contributed by atoms with Crippen molar-refractivity contribution in [3.8, 4) is 0 Å². The maximum atomic E-state index is 6.03. The second-order valence-electron chi connectivity index (χ2n) is 5.34. The van der Waals surface area contributed by atoms with E-state index in [4.69, 9.17) is 10.5 Å². The fourth-order valence-electron chi connectivity index (χ4n) is 2.66. The Bertz CT molecular complexity index is 170. The molecule has 2 heteroatoms. The van der Waals surface area contributed by atoms with Gasteiger partial charge in [-0.05, 0) is 44.9 Å². The molecule has 0 radical (unpaired) electrons. The quantitative estimate of drug-likeness (QED) is 0.676. The van der Waals surface area contributed by atoms with Gasteiger partial charge in [0.2, 0.25) is 0 Å². The molecule has 2 nitrogen and oxygen atoms in total. The number of hydrogen-bond acceptors (Lipinski definition) is 2. The minimum Gasteiger partial charge on any atom is -0.378 e. The number of hydrogen-bond donors (Lipinski definition) is 1. The Balaban J connectivity index is 2.06. The molecule has 3 unspecified atom stereocenters. The van der Waals surface area contributed by atoms with Gasteiger partial charge in [0.25, 0.3) is 0 Å². The lowest BCUT2D eigenvalue weighted by atomic mass is 9.85. The average Bonchev–Trinajstić information content (AvgIpc) is 2.29. The molecule has 3 atom stereocenters. The van der Waals surface area contributed by atoms with Crippen LogP contribution in [-0.4, -0.2) is 18.8 Å². The highest BCUT2D eigenvalue weighted by Crippen LogP contribution is 2.29. The maximum Gasteiger partial charge on any atom is 0.0603 e. The third-order valence-corrected chi connectivity index (χ3v) is 3.75. The van der Waals surface area contributed by atoms with E-state index in [2.05, 4.69) is 13.8 Å². The van der Waals surface area contributed by atoms with Crippen molar-refractivity contribution in [2.24, 2.45) is 11.7 Å². The molecule has 0 aromatic carbocycles. The third-order valence-electron chi connectivity index (χ3n) is 3.75. The number of ether oxygens (including phenoxy) is 1. The van der Waals surface area contributed by atoms with Gasteiger partial charge in [0.15, 0.2) is 0 Å². The first kappa shape index (κ1) is 14.0. The summed E-state index contributed by atoms with van der Waals surface area (Å²) in [7, 11) is 0. The Kier molecular flexibility index (Phi) is 7.06. The van der Waals surface area contributed by atoms with Crippen LogP contribution in [0, 0.1) is 5.92 Å². The van der Waals surface area contributed by atoms with Gasteiger partial charge >= 0.3 is 0 Å². The zero-order valence-corrected chi connectivity index (χ0v) is 11.1. The van der Waals surface area contributed by atoms with Gasteiger partial charge in [0, 0.05) is 12.6 Å². The molecule has 0 saturated heterocycles. The van der Waals surface area contributed by atoms with Gasteiger partial charge in [0.05, 0.1) is 6.10 Å². The van der Waals surface area contributed by atoms with E-state index >= 15 is 0 Å². The molecule has 1 aliphatic rings. The van der Waals surface area contributed by atoms with E-state index in [0.29, 0.717) is 12.1 Å². The first-order chi connectivity index (χ1) is 7.74. The molecule has 1 fully saturated rings. The van der Waals surface area contributed by atoms with Gasteiger partial charge in [-0.3, -0.25) is 0 Å². The lowest BCUT2D eigenvalue weighted by Crippen LogP contribution is -2.27. The van der Waals surface area contributed by atoms with Gasteiger partial charge in [0.1, 0.15) is 0 Å². The predicted octanol–water partition coefficient (Wildman–Crippen LogP) is 3.49. The second-order valence-corrected chi connectivity index (χ2v) is 5.34. The summed E-state index contributed by atoms with van der Waals surface area (Å²) in [6.07, 6.45) is 10.8. The van der Waals surface area contributed by atoms with Crippen LogP contribution in [0.2, 0.25) is 0 Å². The molecule has 16 heavy (non-hydrogen) atoms. The topological polar surface area (TPSA) is 35.2 Å². The molecule has 1 rings (SSSR count). The molecule has 0 spiro atoms. The molecule has 2 N–H and O–H groups in total. The normalized spacial score (nSPS) is 27.9. The first-order valence-electron chi connectivity index (χ1n) is 7.11. The molecule has 0 aromatic heterocycles. The van der Waals surface area contributed by atoms with E-state index in [9.17, 15) is 0 Å². The summed E-state index contributed by atoms with van der Waals surface area (Å²) < 4.78 is 6.03. The van der Waals surface area contributed by atoms with Crippen LogP contribution in [0.25, 0.3) is 0 Å². The Morgan fingerprint density at radius 2 is 2.00 bits per heavy atom. The number of nitrogens with two attached hydrogens (primary N) is 1. The molecule has 96 valence electrons. The van der Waals surface area contributed by atoms with Crippen LogP contribution in [-0.2, 0) is 4.74 Å². The Morgan fingerprint density at radius 1 is 1.25 bits per heavy atom. The Morgan fingerprint density at radius 3 is 2.69 bits per heavy atom. The van der Waals surface area contributed by atoms with Crippen LogP contribution in [0.1, 0.15) is 65.2 Å². The van der Waals surface area contributed by atoms with Crippen LogP contribution in [0.15, 0.2) is 0 Å². The van der Waals surface area contributed by atoms with Crippen molar-refractivity contribution in [3.05, 3.63) is 0 Å². The van der Waals surface area contributed by atoms with E-state index in [-0.39, 0.29) is 0 Å². The van der Waals surface area contributed by atoms with E-state index < -0.39 is 0 Å². The smallest absolute Gasteiger partial charge is 0.0603 e. The molecule has 0 heterocycles. The lowest BCUT2D eigenvalue weighted by Gasteiger charge is -2.30. The van der Waals surface area contributed by atoms with Crippen molar-refractivity contribution in [2.45, 2.75) is 77.4 Å². The fourth-order valence-corrected chi connectivity index (χ4v) is 2.66. The van der Waals surface area contributed by atoms with Crippen LogP contribution in [0.5, 0.6) is 0 Å². The van der Waals surface area contributed by atoms with Crippen LogP contribution >= 0.6 is 0 Å². The van der Waals surface area contributed by atoms with E-state index in [1.165, 1.54) is 44.9 Å². The zero-order valence-electron chi connectivity index (χ0n) is 11.1. The van der Waals surface area contributed by atoms with Gasteiger partial charge in [-0.1, -0.05) is 26.2 Å². The summed E-state index contributed by atoms with van der Waals surface area (Å²) in [5.74, 6) is 0.821. The predicted molar refractivity (Wildman–Crippen MR) is 69.5 cm³/mol. The number of rotatable bonds is 7. The maximum absolute atomic E-state index is 6.03. The molecular formula is C14H29NO. The van der Waals surface area contributed by atoms with Gasteiger partial charge in [-0.15, -0.1) is 0 Å². The summed E-state index contributed by atoms with van der Waals surface area (Å²) in [5, 5.41) is 0. The summed E-state index contributed by atoms with van der Waals surface area (Å²) in [6.45, 7) is 5.31. The highest BCUT2D eigenvalue weighted by atomic mass is 16.5. The summed E-state index contributed by atoms with van der Waals surface area (Å²) in [6, 6.07) is 0.345. The SMILES string of the molecule is CCC1CCCCC1OCCCCC(C)N. The monoisotopic (exact) mass is 227 g/mol. The fraction of sp³-hybridized carbons (Fsp3) is 1.00. The van der Waals surface area contributed by atoms with Crippen molar-refractivity contribution in [2.75, 3.05) is 6.61 Å². The minimum atomic E-state index is 0.345. The molecule has 0 aromatic rings. The van der Waals surface area contributed by atoms with E-state index in [1.54, 1.807) is 0 Å². The average molecular weight is 227 g/mol. The standard InChI is InChI=1S/C14H29NO/c1-3-13-9-4-5-10-14(13)16-11-7-6-8-12(2)15/h12-14H,3-11,15H2,1-2H3. The van der Waals surface area contributed by atoms with Crippen molar-refractivity contribution in [1.29, 1.82) is 0 Å². The highest BCUT2D eigenvalue weighted by Gasteiger charge is 2.23. The molecule has 0 aliphatic heterocycles. The molecule has 0 bridgehead atoms. The first-order valence-corrected chi connectivity index (χ1v) is 7.11. The second kappa shape index (κ2) is 8.08. The van der Waals surface area contributed by atoms with E-state index in [1.807, 2.05) is 0 Å².